The Balaban J connectivity index is 1.48. The maximum absolute atomic E-state index is 12.9. The van der Waals surface area contributed by atoms with Crippen LogP contribution >= 0.6 is 0 Å². The van der Waals surface area contributed by atoms with E-state index in [0.29, 0.717) is 5.69 Å². The average Bonchev–Trinajstić information content (AvgIpc) is 2.73. The fourth-order valence-corrected chi connectivity index (χ4v) is 3.86. The van der Waals surface area contributed by atoms with Gasteiger partial charge in [-0.15, -0.1) is 0 Å². The maximum Gasteiger partial charge on any atom is 0.416 e. The number of amides is 3. The molecule has 2 aromatic rings. The lowest BCUT2D eigenvalue weighted by atomic mass is 9.81. The summed E-state index contributed by atoms with van der Waals surface area (Å²) in [5.74, 6) is -3.21. The summed E-state index contributed by atoms with van der Waals surface area (Å²) in [5, 5.41) is 13.7. The van der Waals surface area contributed by atoms with Crippen molar-refractivity contribution in [1.29, 1.82) is 0 Å². The van der Waals surface area contributed by atoms with Crippen LogP contribution < -0.4 is 26.6 Å². The van der Waals surface area contributed by atoms with Crippen molar-refractivity contribution in [3.63, 3.8) is 0 Å². The first-order chi connectivity index (χ1) is 15.2. The molecule has 2 aliphatic heterocycles. The lowest BCUT2D eigenvalue weighted by Gasteiger charge is -2.43. The van der Waals surface area contributed by atoms with Gasteiger partial charge in [0.25, 0.3) is 0 Å². The van der Waals surface area contributed by atoms with Gasteiger partial charge in [-0.25, -0.2) is 0 Å². The van der Waals surface area contributed by atoms with Gasteiger partial charge in [0.05, 0.1) is 23.6 Å². The molecule has 32 heavy (non-hydrogen) atoms. The first-order valence-corrected chi connectivity index (χ1v) is 9.86. The lowest BCUT2D eigenvalue weighted by molar-refractivity contribution is -0.144. The van der Waals surface area contributed by atoms with E-state index >= 15 is 0 Å². The molecular formula is C21H20F3N5O3. The van der Waals surface area contributed by atoms with Gasteiger partial charge >= 0.3 is 6.18 Å². The highest BCUT2D eigenvalue weighted by Crippen LogP contribution is 2.31. The topological polar surface area (TPSA) is 111 Å². The molecule has 0 aliphatic carbocycles. The minimum absolute atomic E-state index is 0.122. The van der Waals surface area contributed by atoms with Crippen molar-refractivity contribution in [1.82, 2.24) is 16.0 Å². The molecule has 2 aliphatic rings. The summed E-state index contributed by atoms with van der Waals surface area (Å²) in [6.07, 6.45) is -6.51. The van der Waals surface area contributed by atoms with E-state index in [1.807, 2.05) is 0 Å². The molecule has 4 atom stereocenters. The number of carbonyl (C=O) groups excluding carboxylic acids is 3. The largest absolute Gasteiger partial charge is 0.416 e. The average molecular weight is 447 g/mol. The van der Waals surface area contributed by atoms with Crippen LogP contribution in [0, 0.1) is 11.8 Å². The van der Waals surface area contributed by atoms with Crippen molar-refractivity contribution < 1.29 is 27.6 Å². The summed E-state index contributed by atoms with van der Waals surface area (Å²) in [6.45, 7) is 0. The van der Waals surface area contributed by atoms with Crippen LogP contribution in [0.25, 0.3) is 0 Å². The van der Waals surface area contributed by atoms with E-state index in [9.17, 15) is 27.6 Å². The quantitative estimate of drug-likeness (QED) is 0.491. The van der Waals surface area contributed by atoms with Crippen LogP contribution in [0.15, 0.2) is 54.6 Å². The molecule has 0 radical (unpaired) electrons. The van der Waals surface area contributed by atoms with E-state index in [1.165, 1.54) is 12.1 Å². The van der Waals surface area contributed by atoms with Crippen LogP contribution in [0.5, 0.6) is 0 Å². The summed E-state index contributed by atoms with van der Waals surface area (Å²) < 4.78 is 38.8. The Morgan fingerprint density at radius 2 is 1.69 bits per heavy atom. The molecule has 2 saturated heterocycles. The summed E-state index contributed by atoms with van der Waals surface area (Å²) in [6, 6.07) is 13.2. The second kappa shape index (κ2) is 8.50. The lowest BCUT2D eigenvalue weighted by Crippen LogP contribution is -2.72. The van der Waals surface area contributed by atoms with E-state index in [4.69, 9.17) is 0 Å². The van der Waals surface area contributed by atoms with Crippen LogP contribution in [-0.4, -0.2) is 30.2 Å². The molecule has 4 unspecified atom stereocenters. The maximum atomic E-state index is 12.9. The zero-order chi connectivity index (χ0) is 22.9. The SMILES string of the molecule is O=C1CC(C(=O)Nc2ccccc2)C2C(=O)NC(Nc3cccc(C(F)(F)F)c3)NC2N1. The molecule has 0 saturated carbocycles. The highest BCUT2D eigenvalue weighted by molar-refractivity contribution is 6.00. The number of anilines is 2. The first-order valence-electron chi connectivity index (χ1n) is 9.86. The number of para-hydroxylation sites is 1. The number of fused-ring (bicyclic) bond motifs is 1. The Kier molecular flexibility index (Phi) is 5.74. The molecule has 0 bridgehead atoms. The molecule has 4 rings (SSSR count). The third kappa shape index (κ3) is 4.67. The second-order valence-corrected chi connectivity index (χ2v) is 7.57. The smallest absolute Gasteiger partial charge is 0.353 e. The molecule has 0 aromatic heterocycles. The highest BCUT2D eigenvalue weighted by Gasteiger charge is 2.48. The first kappa shape index (κ1) is 21.6. The minimum Gasteiger partial charge on any atom is -0.353 e. The molecule has 2 heterocycles. The Hall–Kier alpha value is -3.60. The van der Waals surface area contributed by atoms with Gasteiger partial charge in [-0.3, -0.25) is 19.7 Å². The fraction of sp³-hybridized carbons (Fsp3) is 0.286. The number of rotatable bonds is 4. The molecule has 8 nitrogen and oxygen atoms in total. The Bertz CT molecular complexity index is 1030. The van der Waals surface area contributed by atoms with Crippen molar-refractivity contribution in [2.75, 3.05) is 10.6 Å². The second-order valence-electron chi connectivity index (χ2n) is 7.57. The van der Waals surface area contributed by atoms with Gasteiger partial charge in [-0.05, 0) is 30.3 Å². The van der Waals surface area contributed by atoms with Gasteiger partial charge in [0, 0.05) is 17.8 Å². The summed E-state index contributed by atoms with van der Waals surface area (Å²) in [4.78, 5) is 37.8. The van der Waals surface area contributed by atoms with Gasteiger partial charge in [0.15, 0.2) is 6.29 Å². The Morgan fingerprint density at radius 3 is 2.41 bits per heavy atom. The number of hydrogen-bond acceptors (Lipinski definition) is 5. The predicted molar refractivity (Wildman–Crippen MR) is 109 cm³/mol. The standard InChI is InChI=1S/C21H20F3N5O3/c22-21(23,24)11-5-4-8-13(9-11)26-20-28-17-16(19(32)29-20)14(10-15(30)27-17)18(31)25-12-6-2-1-3-7-12/h1-9,14,16-17,20,26,28H,10H2,(H,25,31)(H,27,30)(H,29,32). The molecular weight excluding hydrogens is 427 g/mol. The molecule has 11 heteroatoms. The zero-order valence-corrected chi connectivity index (χ0v) is 16.6. The van der Waals surface area contributed by atoms with Crippen LogP contribution in [0.4, 0.5) is 24.5 Å². The normalized spacial score (nSPS) is 25.2. The predicted octanol–water partition coefficient (Wildman–Crippen LogP) is 1.84. The van der Waals surface area contributed by atoms with Gasteiger partial charge in [-0.1, -0.05) is 24.3 Å². The van der Waals surface area contributed by atoms with Crippen molar-refractivity contribution in [2.24, 2.45) is 11.8 Å². The van der Waals surface area contributed by atoms with Crippen LogP contribution in [-0.2, 0) is 20.6 Å². The number of piperidine rings is 1. The summed E-state index contributed by atoms with van der Waals surface area (Å²) >= 11 is 0. The number of benzene rings is 2. The van der Waals surface area contributed by atoms with Gasteiger partial charge in [0.2, 0.25) is 17.7 Å². The zero-order valence-electron chi connectivity index (χ0n) is 16.6. The van der Waals surface area contributed by atoms with Gasteiger partial charge in [-0.2, -0.15) is 13.2 Å². The molecule has 2 fully saturated rings. The molecule has 0 spiro atoms. The Morgan fingerprint density at radius 1 is 0.969 bits per heavy atom. The van der Waals surface area contributed by atoms with Crippen molar-refractivity contribution in [3.8, 4) is 0 Å². The monoisotopic (exact) mass is 447 g/mol. The van der Waals surface area contributed by atoms with Crippen LogP contribution in [0.3, 0.4) is 0 Å². The van der Waals surface area contributed by atoms with Crippen LogP contribution in [0.1, 0.15) is 12.0 Å². The molecule has 2 aromatic carbocycles. The summed E-state index contributed by atoms with van der Waals surface area (Å²) in [7, 11) is 0. The van der Waals surface area contributed by atoms with E-state index in [-0.39, 0.29) is 12.1 Å². The highest BCUT2D eigenvalue weighted by atomic mass is 19.4. The van der Waals surface area contributed by atoms with E-state index < -0.39 is 53.8 Å². The van der Waals surface area contributed by atoms with Crippen molar-refractivity contribution in [2.45, 2.75) is 25.1 Å². The summed E-state index contributed by atoms with van der Waals surface area (Å²) in [5.41, 5.74) is -0.184. The van der Waals surface area contributed by atoms with E-state index in [0.717, 1.165) is 12.1 Å². The van der Waals surface area contributed by atoms with Gasteiger partial charge < -0.3 is 21.3 Å². The number of carbonyl (C=O) groups is 3. The molecule has 3 amide bonds. The fourth-order valence-electron chi connectivity index (χ4n) is 3.86. The number of hydrogen-bond donors (Lipinski definition) is 5. The van der Waals surface area contributed by atoms with E-state index in [2.05, 4.69) is 26.6 Å². The third-order valence-electron chi connectivity index (χ3n) is 5.33. The number of halogens is 3. The third-order valence-corrected chi connectivity index (χ3v) is 5.33. The number of alkyl halides is 3. The molecule has 5 N–H and O–H groups in total. The van der Waals surface area contributed by atoms with Crippen molar-refractivity contribution >= 4 is 29.1 Å². The van der Waals surface area contributed by atoms with E-state index in [1.54, 1.807) is 30.3 Å². The minimum atomic E-state index is -4.51. The Labute approximate surface area is 180 Å². The van der Waals surface area contributed by atoms with Gasteiger partial charge in [0.1, 0.15) is 0 Å². The molecule has 168 valence electrons. The number of nitrogens with one attached hydrogen (secondary N) is 5. The van der Waals surface area contributed by atoms with Crippen LogP contribution in [0.2, 0.25) is 0 Å². The van der Waals surface area contributed by atoms with Crippen molar-refractivity contribution in [3.05, 3.63) is 60.2 Å².